The first-order valence-corrected chi connectivity index (χ1v) is 17.7. The Morgan fingerprint density at radius 2 is 1.52 bits per heavy atom. The predicted molar refractivity (Wildman–Crippen MR) is 178 cm³/mol. The summed E-state index contributed by atoms with van der Waals surface area (Å²) in [4.78, 5) is 21.1. The molecule has 12 heteroatoms. The van der Waals surface area contributed by atoms with E-state index in [0.29, 0.717) is 30.4 Å². The Morgan fingerprint density at radius 3 is 2.02 bits per heavy atom. The molecule has 3 saturated carbocycles. The molecule has 2 unspecified atom stereocenters. The maximum Gasteiger partial charge on any atom is 0.573 e. The molecule has 1 amide bonds. The number of halogens is 4. The van der Waals surface area contributed by atoms with Crippen LogP contribution >= 0.6 is 0 Å². The van der Waals surface area contributed by atoms with Crippen LogP contribution in [0.2, 0.25) is 0 Å². The van der Waals surface area contributed by atoms with Gasteiger partial charge in [-0.3, -0.25) is 4.79 Å². The number of amides is 1. The number of carbonyl (C=O) groups is 1. The number of benzene rings is 2. The average Bonchev–Trinajstić information content (AvgIpc) is 4.04. The fourth-order valence-corrected chi connectivity index (χ4v) is 7.02. The first-order valence-electron chi connectivity index (χ1n) is 17.7. The van der Waals surface area contributed by atoms with E-state index in [1.807, 2.05) is 6.92 Å². The van der Waals surface area contributed by atoms with Crippen LogP contribution in [0.15, 0.2) is 65.2 Å². The average molecular weight is 703 g/mol. The molecule has 3 aliphatic carbocycles. The second-order valence-electron chi connectivity index (χ2n) is 14.4. The molecule has 50 heavy (non-hydrogen) atoms. The zero-order valence-electron chi connectivity index (χ0n) is 28.3. The van der Waals surface area contributed by atoms with Gasteiger partial charge in [-0.15, -0.1) is 13.2 Å². The van der Waals surface area contributed by atoms with Crippen molar-refractivity contribution in [1.29, 1.82) is 0 Å². The molecule has 1 heterocycles. The number of aliphatic hydroxyl groups excluding tert-OH is 1. The van der Waals surface area contributed by atoms with Crippen molar-refractivity contribution in [3.8, 4) is 5.75 Å². The number of alkyl halides is 3. The molecule has 0 aromatic heterocycles. The fourth-order valence-electron chi connectivity index (χ4n) is 7.02. The van der Waals surface area contributed by atoms with Gasteiger partial charge in [-0.1, -0.05) is 44.0 Å². The van der Waals surface area contributed by atoms with Gasteiger partial charge in [0.2, 0.25) is 0 Å². The zero-order valence-corrected chi connectivity index (χ0v) is 28.3. The number of aliphatic hydroxyl groups is 2. The summed E-state index contributed by atoms with van der Waals surface area (Å²) in [5.41, 5.74) is -1.70. The number of hydrogen-bond acceptors (Lipinski definition) is 7. The number of ether oxygens (including phenoxy) is 3. The van der Waals surface area contributed by atoms with Gasteiger partial charge < -0.3 is 29.3 Å². The van der Waals surface area contributed by atoms with E-state index >= 15 is 0 Å². The number of hydrogen-bond donors (Lipinski definition) is 2. The van der Waals surface area contributed by atoms with Crippen molar-refractivity contribution in [2.24, 2.45) is 22.7 Å². The highest BCUT2D eigenvalue weighted by Crippen LogP contribution is 2.51. The molecule has 0 saturated heterocycles. The molecule has 0 spiro atoms. The van der Waals surface area contributed by atoms with Gasteiger partial charge in [0.15, 0.2) is 0 Å². The molecule has 272 valence electrons. The third kappa shape index (κ3) is 8.25. The van der Waals surface area contributed by atoms with Gasteiger partial charge in [-0.2, -0.15) is 0 Å². The minimum absolute atomic E-state index is 0.0576. The normalized spacial score (nSPS) is 23.4. The Balaban J connectivity index is 1.51. The van der Waals surface area contributed by atoms with E-state index in [1.165, 1.54) is 42.6 Å². The largest absolute Gasteiger partial charge is 0.573 e. The zero-order chi connectivity index (χ0) is 35.6. The second-order valence-corrected chi connectivity index (χ2v) is 14.4. The van der Waals surface area contributed by atoms with Crippen LogP contribution in [0.4, 0.5) is 17.6 Å². The molecule has 8 nitrogen and oxygen atoms in total. The lowest BCUT2D eigenvalue weighted by Gasteiger charge is -2.48. The molecule has 2 aromatic carbocycles. The van der Waals surface area contributed by atoms with Crippen LogP contribution in [0.5, 0.6) is 5.75 Å². The number of aliphatic imine (C=N–C) groups is 1. The monoisotopic (exact) mass is 702 g/mol. The van der Waals surface area contributed by atoms with Crippen LogP contribution in [-0.2, 0) is 19.7 Å². The molecule has 6 rings (SSSR count). The van der Waals surface area contributed by atoms with Gasteiger partial charge in [0.25, 0.3) is 11.8 Å². The van der Waals surface area contributed by atoms with Crippen molar-refractivity contribution >= 4 is 12.1 Å². The van der Waals surface area contributed by atoms with Gasteiger partial charge in [0.05, 0.1) is 24.4 Å². The topological polar surface area (TPSA) is 101 Å². The van der Waals surface area contributed by atoms with Crippen LogP contribution < -0.4 is 4.74 Å². The highest BCUT2D eigenvalue weighted by Gasteiger charge is 2.59. The van der Waals surface area contributed by atoms with Crippen molar-refractivity contribution in [3.63, 3.8) is 0 Å². The van der Waals surface area contributed by atoms with Gasteiger partial charge in [-0.05, 0) is 104 Å². The molecule has 0 bridgehead atoms. The summed E-state index contributed by atoms with van der Waals surface area (Å²) in [6.45, 7) is 2.58. The number of nitrogens with zero attached hydrogens (tertiary/aromatic N) is 2. The van der Waals surface area contributed by atoms with E-state index in [4.69, 9.17) is 14.5 Å². The summed E-state index contributed by atoms with van der Waals surface area (Å²) in [7, 11) is 0. The van der Waals surface area contributed by atoms with Crippen LogP contribution in [0.25, 0.3) is 0 Å². The maximum atomic E-state index is 14.7. The Hall–Kier alpha value is -3.32. The summed E-state index contributed by atoms with van der Waals surface area (Å²) in [5.74, 6) is -2.91. The lowest BCUT2D eigenvalue weighted by atomic mass is 9.68. The van der Waals surface area contributed by atoms with E-state index in [-0.39, 0.29) is 56.2 Å². The van der Waals surface area contributed by atoms with Crippen molar-refractivity contribution in [2.75, 3.05) is 32.9 Å². The van der Waals surface area contributed by atoms with Crippen LogP contribution in [-0.4, -0.2) is 78.0 Å². The van der Waals surface area contributed by atoms with Gasteiger partial charge in [0.1, 0.15) is 17.0 Å². The molecule has 2 aromatic rings. The van der Waals surface area contributed by atoms with Gasteiger partial charge >= 0.3 is 6.36 Å². The van der Waals surface area contributed by atoms with Crippen LogP contribution in [0, 0.1) is 23.6 Å². The standard InChI is InChI=1S/C38H46F4N2O6/c1-2-26(22-45)21-44(25-35(47)17-3-4-18-35)34(46)29-19-36(30-9-13-32(39)14-10-30,31-11-15-33(16-12-31)50-38(40,41)42)37(43-20-29,48-23-27-5-6-27)49-24-28-7-8-28/h9-16,19-20,26-28,45,47H,2-8,17-18,21-25H2,1H3. The molecular formula is C38H46F4N2O6. The summed E-state index contributed by atoms with van der Waals surface area (Å²) < 4.78 is 71.6. The Morgan fingerprint density at radius 1 is 0.960 bits per heavy atom. The summed E-state index contributed by atoms with van der Waals surface area (Å²) in [6, 6.07) is 10.9. The number of carbonyl (C=O) groups excluding carboxylic acids is 1. The lowest BCUT2D eigenvalue weighted by molar-refractivity contribution is -0.274. The van der Waals surface area contributed by atoms with E-state index in [9.17, 15) is 32.6 Å². The molecule has 2 N–H and O–H groups in total. The van der Waals surface area contributed by atoms with E-state index in [0.717, 1.165) is 38.5 Å². The first kappa shape index (κ1) is 36.5. The van der Waals surface area contributed by atoms with Crippen molar-refractivity contribution in [1.82, 2.24) is 4.90 Å². The Bertz CT molecular complexity index is 1510. The number of rotatable bonds is 16. The summed E-state index contributed by atoms with van der Waals surface area (Å²) in [5, 5.41) is 21.5. The van der Waals surface area contributed by atoms with E-state index in [1.54, 1.807) is 23.1 Å². The Kier molecular flexibility index (Phi) is 10.7. The molecule has 0 radical (unpaired) electrons. The highest BCUT2D eigenvalue weighted by atomic mass is 19.4. The van der Waals surface area contributed by atoms with Crippen molar-refractivity contribution < 1.29 is 46.8 Å². The number of dihydropyridines is 1. The summed E-state index contributed by atoms with van der Waals surface area (Å²) in [6.07, 6.45) is 5.34. The van der Waals surface area contributed by atoms with Crippen molar-refractivity contribution in [3.05, 3.63) is 77.1 Å². The van der Waals surface area contributed by atoms with E-state index in [2.05, 4.69) is 4.74 Å². The highest BCUT2D eigenvalue weighted by molar-refractivity contribution is 6.13. The minimum atomic E-state index is -4.91. The maximum absolute atomic E-state index is 14.7. The quantitative estimate of drug-likeness (QED) is 0.150. The molecular weight excluding hydrogens is 656 g/mol. The van der Waals surface area contributed by atoms with Crippen molar-refractivity contribution in [2.45, 2.75) is 88.0 Å². The Labute approximate surface area is 290 Å². The molecule has 1 aliphatic heterocycles. The smallest absolute Gasteiger partial charge is 0.406 e. The first-order chi connectivity index (χ1) is 23.9. The third-order valence-electron chi connectivity index (χ3n) is 10.4. The van der Waals surface area contributed by atoms with Gasteiger partial charge in [-0.25, -0.2) is 9.38 Å². The molecule has 4 aliphatic rings. The molecule has 3 fully saturated rings. The van der Waals surface area contributed by atoms with Crippen LogP contribution in [0.1, 0.15) is 75.8 Å². The third-order valence-corrected chi connectivity index (χ3v) is 10.4. The fraction of sp³-hybridized carbons (Fsp3) is 0.579. The second kappa shape index (κ2) is 14.7. The predicted octanol–water partition coefficient (Wildman–Crippen LogP) is 6.68. The van der Waals surface area contributed by atoms with E-state index < -0.39 is 40.8 Å². The van der Waals surface area contributed by atoms with Crippen LogP contribution in [0.3, 0.4) is 0 Å². The lowest BCUT2D eigenvalue weighted by Crippen LogP contribution is -2.57. The minimum Gasteiger partial charge on any atom is -0.406 e. The SMILES string of the molecule is CCC(CO)CN(CC1(O)CCCC1)C(=O)C1=CC(c2ccc(F)cc2)(c2ccc(OC(F)(F)F)cc2)C(OCC2CC2)(OCC2CC2)N=C1. The molecule has 2 atom stereocenters. The van der Waals surface area contributed by atoms with Gasteiger partial charge in [0, 0.05) is 25.9 Å². The summed E-state index contributed by atoms with van der Waals surface area (Å²) >= 11 is 0.